The first-order valence-corrected chi connectivity index (χ1v) is 10.8. The Kier molecular flexibility index (Phi) is 4.00. The first-order chi connectivity index (χ1) is 15.2. The molecule has 1 fully saturated rings. The highest BCUT2D eigenvalue weighted by Crippen LogP contribution is 2.50. The van der Waals surface area contributed by atoms with Crippen LogP contribution in [0, 0.1) is 0 Å². The minimum absolute atomic E-state index is 0.0320. The molecule has 2 heterocycles. The van der Waals surface area contributed by atoms with Crippen molar-refractivity contribution in [2.45, 2.75) is 44.1 Å². The molecule has 31 heavy (non-hydrogen) atoms. The lowest BCUT2D eigenvalue weighted by Gasteiger charge is -2.36. The van der Waals surface area contributed by atoms with Crippen molar-refractivity contribution >= 4 is 5.78 Å². The minimum Gasteiger partial charge on any atom is -0.497 e. The number of fused-ring (bicyclic) bond motifs is 6. The summed E-state index contributed by atoms with van der Waals surface area (Å²) in [5.41, 5.74) is 5.01. The number of benzene rings is 2. The van der Waals surface area contributed by atoms with Gasteiger partial charge in [-0.05, 0) is 52.9 Å². The van der Waals surface area contributed by atoms with E-state index in [1.807, 2.05) is 30.3 Å². The summed E-state index contributed by atoms with van der Waals surface area (Å²) in [5.74, 6) is 1.27. The second-order valence-electron chi connectivity index (χ2n) is 8.68. The zero-order chi connectivity index (χ0) is 21.0. The molecule has 7 heteroatoms. The van der Waals surface area contributed by atoms with Gasteiger partial charge in [0.25, 0.3) is 11.3 Å². The van der Waals surface area contributed by atoms with Crippen LogP contribution in [0.3, 0.4) is 0 Å². The molecule has 0 radical (unpaired) electrons. The number of rotatable bonds is 3. The molecule has 2 aromatic heterocycles. The van der Waals surface area contributed by atoms with Gasteiger partial charge in [-0.3, -0.25) is 9.36 Å². The van der Waals surface area contributed by atoms with E-state index in [2.05, 4.69) is 33.7 Å². The van der Waals surface area contributed by atoms with Crippen LogP contribution in [0.15, 0.2) is 53.3 Å². The summed E-state index contributed by atoms with van der Waals surface area (Å²) < 4.78 is 8.77. The lowest BCUT2D eigenvalue weighted by Crippen LogP contribution is -2.41. The number of methoxy groups -OCH3 is 1. The molecule has 0 unspecified atom stereocenters. The van der Waals surface area contributed by atoms with Crippen LogP contribution in [0.1, 0.15) is 42.4 Å². The Bertz CT molecular complexity index is 1350. The normalized spacial score (nSPS) is 16.4. The molecule has 156 valence electrons. The monoisotopic (exact) mass is 413 g/mol. The van der Waals surface area contributed by atoms with E-state index in [9.17, 15) is 4.79 Å². The zero-order valence-electron chi connectivity index (χ0n) is 17.4. The van der Waals surface area contributed by atoms with Crippen molar-refractivity contribution in [1.82, 2.24) is 24.6 Å². The predicted molar refractivity (Wildman–Crippen MR) is 116 cm³/mol. The van der Waals surface area contributed by atoms with Gasteiger partial charge in [0, 0.05) is 11.0 Å². The molecule has 2 aliphatic rings. The van der Waals surface area contributed by atoms with Crippen molar-refractivity contribution in [3.05, 3.63) is 75.6 Å². The fraction of sp³-hybridized carbons (Fsp3) is 0.333. The largest absolute Gasteiger partial charge is 0.497 e. The smallest absolute Gasteiger partial charge is 0.259 e. The Balaban J connectivity index is 1.62. The highest BCUT2D eigenvalue weighted by molar-refractivity contribution is 5.73. The molecule has 0 aliphatic heterocycles. The number of ether oxygens (including phenoxy) is 1. The average Bonchev–Trinajstić information content (AvgIpc) is 3.47. The Hall–Kier alpha value is -3.48. The van der Waals surface area contributed by atoms with Crippen LogP contribution in [-0.2, 0) is 18.4 Å². The number of hydrogen-bond donors (Lipinski definition) is 0. The quantitative estimate of drug-likeness (QED) is 0.515. The predicted octanol–water partition coefficient (Wildman–Crippen LogP) is 3.38. The first-order valence-electron chi connectivity index (χ1n) is 10.8. The molecule has 0 bridgehead atoms. The van der Waals surface area contributed by atoms with E-state index in [-0.39, 0.29) is 11.0 Å². The van der Waals surface area contributed by atoms with Crippen molar-refractivity contribution in [3.63, 3.8) is 0 Å². The maximum Gasteiger partial charge on any atom is 0.259 e. The second kappa shape index (κ2) is 6.77. The van der Waals surface area contributed by atoms with Crippen LogP contribution in [-0.4, -0.2) is 31.7 Å². The van der Waals surface area contributed by atoms with Crippen molar-refractivity contribution < 1.29 is 4.74 Å². The summed E-state index contributed by atoms with van der Waals surface area (Å²) >= 11 is 0. The van der Waals surface area contributed by atoms with Crippen LogP contribution in [0.5, 0.6) is 5.75 Å². The van der Waals surface area contributed by atoms with E-state index in [4.69, 9.17) is 4.74 Å². The van der Waals surface area contributed by atoms with Crippen LogP contribution in [0.4, 0.5) is 0 Å². The fourth-order valence-corrected chi connectivity index (χ4v) is 5.55. The molecule has 7 nitrogen and oxygen atoms in total. The SMILES string of the molecule is COc1ccc(Cn2c(=O)c3c(n4nnnc24)-c2ccccc2CC32CCCC2)cc1. The van der Waals surface area contributed by atoms with Gasteiger partial charge in [-0.2, -0.15) is 4.52 Å². The second-order valence-corrected chi connectivity index (χ2v) is 8.68. The van der Waals surface area contributed by atoms with Gasteiger partial charge >= 0.3 is 0 Å². The molecule has 1 saturated carbocycles. The summed E-state index contributed by atoms with van der Waals surface area (Å²) in [6.07, 6.45) is 5.25. The summed E-state index contributed by atoms with van der Waals surface area (Å²) in [4.78, 5) is 14.1. The third-order valence-corrected chi connectivity index (χ3v) is 6.99. The number of nitrogens with zero attached hydrogens (tertiary/aromatic N) is 5. The zero-order valence-corrected chi connectivity index (χ0v) is 17.4. The highest BCUT2D eigenvalue weighted by Gasteiger charge is 2.45. The van der Waals surface area contributed by atoms with E-state index in [1.165, 1.54) is 5.56 Å². The summed E-state index contributed by atoms with van der Waals surface area (Å²) in [7, 11) is 1.65. The number of aromatic nitrogens is 5. The van der Waals surface area contributed by atoms with Gasteiger partial charge in [-0.1, -0.05) is 54.3 Å². The Morgan fingerprint density at radius 3 is 2.61 bits per heavy atom. The van der Waals surface area contributed by atoms with Gasteiger partial charge in [0.05, 0.1) is 24.9 Å². The van der Waals surface area contributed by atoms with E-state index in [0.717, 1.165) is 60.2 Å². The molecule has 2 aliphatic carbocycles. The molecular weight excluding hydrogens is 390 g/mol. The van der Waals surface area contributed by atoms with Crippen LogP contribution in [0.25, 0.3) is 17.0 Å². The Morgan fingerprint density at radius 2 is 1.84 bits per heavy atom. The van der Waals surface area contributed by atoms with Crippen molar-refractivity contribution in [1.29, 1.82) is 0 Å². The molecule has 0 amide bonds. The van der Waals surface area contributed by atoms with E-state index < -0.39 is 0 Å². The van der Waals surface area contributed by atoms with Gasteiger partial charge in [-0.15, -0.1) is 0 Å². The summed E-state index contributed by atoms with van der Waals surface area (Å²) in [5, 5.41) is 12.5. The molecule has 0 saturated heterocycles. The van der Waals surface area contributed by atoms with E-state index in [0.29, 0.717) is 12.3 Å². The van der Waals surface area contributed by atoms with Crippen LogP contribution < -0.4 is 10.3 Å². The molecule has 1 spiro atoms. The van der Waals surface area contributed by atoms with Crippen molar-refractivity contribution in [3.8, 4) is 17.0 Å². The van der Waals surface area contributed by atoms with Gasteiger partial charge in [0.2, 0.25) is 0 Å². The maximum absolute atomic E-state index is 14.1. The third-order valence-electron chi connectivity index (χ3n) is 6.99. The maximum atomic E-state index is 14.1. The lowest BCUT2D eigenvalue weighted by molar-refractivity contribution is 0.414. The first kappa shape index (κ1) is 18.3. The van der Waals surface area contributed by atoms with Gasteiger partial charge < -0.3 is 4.74 Å². The van der Waals surface area contributed by atoms with Crippen LogP contribution >= 0.6 is 0 Å². The number of tetrazole rings is 1. The molecular formula is C24H23N5O2. The molecule has 6 rings (SSSR count). The molecule has 2 aromatic carbocycles. The summed E-state index contributed by atoms with van der Waals surface area (Å²) in [6, 6.07) is 16.1. The Morgan fingerprint density at radius 1 is 1.06 bits per heavy atom. The van der Waals surface area contributed by atoms with E-state index in [1.54, 1.807) is 16.2 Å². The third kappa shape index (κ3) is 2.65. The van der Waals surface area contributed by atoms with Gasteiger partial charge in [0.15, 0.2) is 0 Å². The van der Waals surface area contributed by atoms with Crippen LogP contribution in [0.2, 0.25) is 0 Å². The van der Waals surface area contributed by atoms with Gasteiger partial charge in [-0.25, -0.2) is 0 Å². The molecule has 0 N–H and O–H groups in total. The lowest BCUT2D eigenvalue weighted by atomic mass is 9.68. The average molecular weight is 413 g/mol. The molecule has 4 aromatic rings. The van der Waals surface area contributed by atoms with E-state index >= 15 is 0 Å². The highest BCUT2D eigenvalue weighted by atomic mass is 16.5. The standard InChI is InChI=1S/C24H23N5O2/c1-31-18-10-8-16(9-11-18)15-28-22(30)20-21(29-23(28)25-26-27-29)19-7-3-2-6-17(19)14-24(20)12-4-5-13-24/h2-3,6-11H,4-5,12-15H2,1H3. The molecule has 0 atom stereocenters. The number of hydrogen-bond acceptors (Lipinski definition) is 5. The topological polar surface area (TPSA) is 74.3 Å². The summed E-state index contributed by atoms with van der Waals surface area (Å²) in [6.45, 7) is 0.414. The minimum atomic E-state index is -0.136. The fourth-order valence-electron chi connectivity index (χ4n) is 5.55. The Labute approximate surface area is 179 Å². The van der Waals surface area contributed by atoms with Crippen molar-refractivity contribution in [2.24, 2.45) is 0 Å². The van der Waals surface area contributed by atoms with Crippen molar-refractivity contribution in [2.75, 3.05) is 7.11 Å². The van der Waals surface area contributed by atoms with Gasteiger partial charge in [0.1, 0.15) is 5.75 Å².